The van der Waals surface area contributed by atoms with Gasteiger partial charge in [0.2, 0.25) is 5.91 Å². The lowest BCUT2D eigenvalue weighted by Gasteiger charge is -2.42. The minimum atomic E-state index is -8.83. The van der Waals surface area contributed by atoms with Crippen molar-refractivity contribution in [1.29, 1.82) is 0 Å². The van der Waals surface area contributed by atoms with E-state index in [-0.39, 0.29) is 35.6 Å². The Morgan fingerprint density at radius 3 is 1.84 bits per heavy atom. The molecule has 1 aliphatic heterocycles. The maximum absolute atomic E-state index is 14.3. The Balaban J connectivity index is 2.30. The zero-order valence-electron chi connectivity index (χ0n) is 32.0. The number of azide groups is 1. The second-order valence-corrected chi connectivity index (χ2v) is 13.3. The molecule has 1 saturated heterocycles. The van der Waals surface area contributed by atoms with Gasteiger partial charge in [-0.25, -0.2) is 14.6 Å². The number of unbranched alkanes of at least 4 members (excludes halogenated alkanes) is 1. The summed E-state index contributed by atoms with van der Waals surface area (Å²) in [6.45, 7) is -4.77. The molecule has 6 amide bonds. The van der Waals surface area contributed by atoms with Gasteiger partial charge in [-0.15, -0.1) is 6.42 Å². The zero-order chi connectivity index (χ0) is 49.8. The summed E-state index contributed by atoms with van der Waals surface area (Å²) in [6.07, 6.45) is -5.81. The molecule has 1 aromatic rings. The Labute approximate surface area is 346 Å². The average molecular weight is 958 g/mol. The molecule has 0 N–H and O–H groups in total. The van der Waals surface area contributed by atoms with Crippen molar-refractivity contribution in [2.24, 2.45) is 5.11 Å². The van der Waals surface area contributed by atoms with Crippen molar-refractivity contribution in [2.75, 3.05) is 45.2 Å². The number of halogens is 17. The normalized spacial score (nSPS) is 15.1. The number of urea groups is 1. The van der Waals surface area contributed by atoms with E-state index in [1.807, 2.05) is 5.92 Å². The first-order chi connectivity index (χ1) is 29.0. The van der Waals surface area contributed by atoms with Crippen LogP contribution in [-0.2, 0) is 23.9 Å². The molecule has 64 heavy (non-hydrogen) atoms. The van der Waals surface area contributed by atoms with Crippen molar-refractivity contribution in [2.45, 2.75) is 79.4 Å². The summed E-state index contributed by atoms with van der Waals surface area (Å²) < 4.78 is 234. The third-order valence-electron chi connectivity index (χ3n) is 8.80. The van der Waals surface area contributed by atoms with Gasteiger partial charge in [0, 0.05) is 31.1 Å². The number of nitrogens with zero attached hydrogens (tertiary/aromatic N) is 7. The minimum absolute atomic E-state index is 0.0305. The van der Waals surface area contributed by atoms with E-state index in [9.17, 15) is 103 Å². The average Bonchev–Trinajstić information content (AvgIpc) is 3.40. The Kier molecular flexibility index (Phi) is 16.0. The highest BCUT2D eigenvalue weighted by molar-refractivity contribution is 6.53. The van der Waals surface area contributed by atoms with E-state index < -0.39 is 127 Å². The van der Waals surface area contributed by atoms with Gasteiger partial charge in [0.1, 0.15) is 12.6 Å². The van der Waals surface area contributed by atoms with Gasteiger partial charge >= 0.3 is 71.4 Å². The van der Waals surface area contributed by atoms with Crippen LogP contribution >= 0.6 is 0 Å². The van der Waals surface area contributed by atoms with Gasteiger partial charge in [-0.1, -0.05) is 23.5 Å². The lowest BCUT2D eigenvalue weighted by atomic mass is 9.88. The summed E-state index contributed by atoms with van der Waals surface area (Å²) in [6, 6.07) is 0.695. The summed E-state index contributed by atoms with van der Waals surface area (Å²) in [5.41, 5.74) is 7.30. The van der Waals surface area contributed by atoms with E-state index in [1.54, 1.807) is 0 Å². The molecule has 31 heteroatoms. The van der Waals surface area contributed by atoms with Crippen LogP contribution in [0, 0.1) is 12.3 Å². The number of carbonyl (C=O) groups is 6. The molecule has 0 unspecified atom stereocenters. The summed E-state index contributed by atoms with van der Waals surface area (Å²) in [5, 5.41) is 3.30. The molecular formula is C33H28F17N7O7. The Bertz CT molecular complexity index is 2070. The standard InChI is InChI=1S/C33H28F17N7O7/c1-4-13-55(16-20(58)64-14-11-26(34,35)27(36,37)28(38,39)29(40,41)30(42,43)31(44,45)32(46,47)33(48,49)50)21(59)17-8-7-9-18(15-17)56-23(61)24(62)57(25(56)63)19(22(60)54(2)3)10-5-6-12-52-53-51/h1,7-9,15,19H,5-6,10-14,16H2,2-3H3/t19-/m0/s1. The van der Waals surface area contributed by atoms with Crippen LogP contribution in [0.3, 0.4) is 0 Å². The molecule has 0 saturated carbocycles. The van der Waals surface area contributed by atoms with E-state index in [0.29, 0.717) is 4.90 Å². The van der Waals surface area contributed by atoms with Crippen molar-refractivity contribution >= 4 is 41.3 Å². The van der Waals surface area contributed by atoms with Crippen molar-refractivity contribution in [1.82, 2.24) is 14.7 Å². The fourth-order valence-electron chi connectivity index (χ4n) is 5.33. The monoisotopic (exact) mass is 957 g/mol. The molecular weight excluding hydrogens is 929 g/mol. The van der Waals surface area contributed by atoms with Crippen LogP contribution in [0.5, 0.6) is 0 Å². The van der Waals surface area contributed by atoms with Crippen molar-refractivity contribution in [3.05, 3.63) is 40.3 Å². The number of likely N-dealkylation sites (N-methyl/N-ethyl adjacent to an activating group) is 1. The van der Waals surface area contributed by atoms with Crippen LogP contribution in [-0.4, -0.2) is 144 Å². The van der Waals surface area contributed by atoms with E-state index >= 15 is 0 Å². The van der Waals surface area contributed by atoms with Gasteiger partial charge in [-0.2, -0.15) is 74.6 Å². The second-order valence-electron chi connectivity index (χ2n) is 13.3. The Morgan fingerprint density at radius 2 is 1.34 bits per heavy atom. The molecule has 1 aromatic carbocycles. The molecule has 0 aliphatic carbocycles. The van der Waals surface area contributed by atoms with E-state index in [0.717, 1.165) is 29.2 Å². The minimum Gasteiger partial charge on any atom is -0.464 e. The van der Waals surface area contributed by atoms with E-state index in [4.69, 9.17) is 12.0 Å². The van der Waals surface area contributed by atoms with Gasteiger partial charge in [-0.05, 0) is 36.6 Å². The van der Waals surface area contributed by atoms with Crippen LogP contribution in [0.25, 0.3) is 10.4 Å². The topological polar surface area (TPSA) is 173 Å². The SMILES string of the molecule is C#CCN(CC(=O)OCCC(F)(F)C(F)(F)C(F)(F)C(F)(F)C(F)(F)C(F)(F)C(F)(F)C(F)(F)F)C(=O)c1cccc(N2C(=O)C(=O)N([C@@H](CCCCN=[N+]=[N-])C(=O)N(C)C)C2=O)c1. The van der Waals surface area contributed by atoms with E-state index in [1.165, 1.54) is 14.1 Å². The number of hydrogen-bond acceptors (Lipinski definition) is 8. The third kappa shape index (κ3) is 9.69. The number of hydrogen-bond donors (Lipinski definition) is 0. The maximum atomic E-state index is 14.3. The van der Waals surface area contributed by atoms with Gasteiger partial charge in [0.15, 0.2) is 0 Å². The number of carbonyl (C=O) groups excluding carboxylic acids is 6. The fraction of sp³-hybridized carbons (Fsp3) is 0.576. The van der Waals surface area contributed by atoms with Gasteiger partial charge in [0.25, 0.3) is 5.91 Å². The highest BCUT2D eigenvalue weighted by Crippen LogP contribution is 2.64. The number of alkyl halides is 17. The number of rotatable bonds is 21. The number of terminal acetylenes is 1. The third-order valence-corrected chi connectivity index (χ3v) is 8.80. The quantitative estimate of drug-likeness (QED) is 0.0148. The molecule has 14 nitrogen and oxygen atoms in total. The van der Waals surface area contributed by atoms with Crippen molar-refractivity contribution in [3.8, 4) is 12.3 Å². The number of amides is 6. The largest absolute Gasteiger partial charge is 0.464 e. The number of esters is 1. The molecule has 1 aliphatic rings. The molecule has 2 rings (SSSR count). The first-order valence-electron chi connectivity index (χ1n) is 17.1. The van der Waals surface area contributed by atoms with Crippen LogP contribution in [0.15, 0.2) is 29.4 Å². The Hall–Kier alpha value is -6.08. The van der Waals surface area contributed by atoms with E-state index in [2.05, 4.69) is 14.8 Å². The summed E-state index contributed by atoms with van der Waals surface area (Å²) in [5.74, 6) is -63.5. The molecule has 0 aromatic heterocycles. The summed E-state index contributed by atoms with van der Waals surface area (Å²) in [4.78, 5) is 82.5. The molecule has 1 heterocycles. The molecule has 0 radical (unpaired) electrons. The predicted molar refractivity (Wildman–Crippen MR) is 178 cm³/mol. The number of ether oxygens (including phenoxy) is 1. The van der Waals surface area contributed by atoms with Crippen LogP contribution < -0.4 is 4.90 Å². The number of benzene rings is 1. The first-order valence-corrected chi connectivity index (χ1v) is 17.1. The van der Waals surface area contributed by atoms with Crippen LogP contribution in [0.1, 0.15) is 36.0 Å². The van der Waals surface area contributed by atoms with Crippen molar-refractivity contribution in [3.63, 3.8) is 0 Å². The molecule has 0 bridgehead atoms. The highest BCUT2D eigenvalue weighted by Gasteiger charge is 2.95. The number of imide groups is 2. The van der Waals surface area contributed by atoms with Gasteiger partial charge in [0.05, 0.1) is 25.3 Å². The molecule has 356 valence electrons. The summed E-state index contributed by atoms with van der Waals surface area (Å²) >= 11 is 0. The lowest BCUT2D eigenvalue weighted by molar-refractivity contribution is -0.461. The van der Waals surface area contributed by atoms with Gasteiger partial charge < -0.3 is 14.5 Å². The molecule has 1 atom stereocenters. The number of anilines is 1. The molecule has 0 spiro atoms. The summed E-state index contributed by atoms with van der Waals surface area (Å²) in [7, 11) is 2.52. The molecule has 1 fully saturated rings. The zero-order valence-corrected chi connectivity index (χ0v) is 32.0. The van der Waals surface area contributed by atoms with Crippen molar-refractivity contribution < 1.29 is 108 Å². The van der Waals surface area contributed by atoms with Crippen LogP contribution in [0.2, 0.25) is 0 Å². The van der Waals surface area contributed by atoms with Gasteiger partial charge in [-0.3, -0.25) is 24.0 Å². The maximum Gasteiger partial charge on any atom is 0.460 e. The lowest BCUT2D eigenvalue weighted by Crippen LogP contribution is -2.74. The Morgan fingerprint density at radius 1 is 0.812 bits per heavy atom. The first kappa shape index (κ1) is 54.1. The second kappa shape index (κ2) is 18.9. The van der Waals surface area contributed by atoms with Crippen LogP contribution in [0.4, 0.5) is 85.1 Å². The predicted octanol–water partition coefficient (Wildman–Crippen LogP) is 6.94. The highest BCUT2D eigenvalue weighted by atomic mass is 19.4. The fourth-order valence-corrected chi connectivity index (χ4v) is 5.33. The smallest absolute Gasteiger partial charge is 0.460 e.